The molecule has 1 aromatic rings. The van der Waals surface area contributed by atoms with Gasteiger partial charge in [-0.25, -0.2) is 10.4 Å². The number of nitrogens with one attached hydrogen (secondary N) is 5. The molecule has 5 heterocycles. The first-order valence-electron chi connectivity index (χ1n) is 13.5. The summed E-state index contributed by atoms with van der Waals surface area (Å²) in [5.41, 5.74) is 6.71. The van der Waals surface area contributed by atoms with Crippen LogP contribution in [0.3, 0.4) is 0 Å². The van der Waals surface area contributed by atoms with Gasteiger partial charge in [0.25, 0.3) is 0 Å². The predicted octanol–water partition coefficient (Wildman–Crippen LogP) is 0.482. The molecule has 1 saturated carbocycles. The molecule has 5 fully saturated rings. The molecule has 5 unspecified atom stereocenters. The quantitative estimate of drug-likeness (QED) is 0.340. The fourth-order valence-corrected chi connectivity index (χ4v) is 6.68. The first-order valence-corrected chi connectivity index (χ1v) is 13.5. The van der Waals surface area contributed by atoms with Gasteiger partial charge in [-0.1, -0.05) is 12.8 Å². The molecule has 6 rings (SSSR count). The lowest BCUT2D eigenvalue weighted by molar-refractivity contribution is -0.139. The van der Waals surface area contributed by atoms with E-state index in [0.717, 1.165) is 56.9 Å². The Morgan fingerprint density at radius 2 is 1.86 bits per heavy atom. The van der Waals surface area contributed by atoms with E-state index in [1.54, 1.807) is 0 Å². The molecule has 0 aromatic carbocycles. The lowest BCUT2D eigenvalue weighted by atomic mass is 9.91. The lowest BCUT2D eigenvalue weighted by Crippen LogP contribution is -2.76. The molecular formula is C25H38N8O3. The molecule has 5 aliphatic rings. The SMILES string of the molecule is O=C1NNCC2NC(N3CCCCCC3)NC(Nc3ccc(N4CCC5(CC4)CC5C(=O)O)nc3)C12. The van der Waals surface area contributed by atoms with E-state index in [1.807, 2.05) is 18.3 Å². The third-order valence-corrected chi connectivity index (χ3v) is 8.99. The summed E-state index contributed by atoms with van der Waals surface area (Å²) >= 11 is 0. The Labute approximate surface area is 211 Å². The van der Waals surface area contributed by atoms with Crippen LogP contribution in [0.15, 0.2) is 18.3 Å². The minimum Gasteiger partial charge on any atom is -0.481 e. The van der Waals surface area contributed by atoms with E-state index >= 15 is 0 Å². The van der Waals surface area contributed by atoms with Gasteiger partial charge >= 0.3 is 5.97 Å². The maximum Gasteiger partial charge on any atom is 0.307 e. The van der Waals surface area contributed by atoms with Crippen molar-refractivity contribution in [1.82, 2.24) is 31.4 Å². The monoisotopic (exact) mass is 498 g/mol. The number of fused-ring (bicyclic) bond motifs is 1. The summed E-state index contributed by atoms with van der Waals surface area (Å²) in [6.45, 7) is 4.46. The number of pyridine rings is 1. The van der Waals surface area contributed by atoms with Gasteiger partial charge in [0, 0.05) is 38.8 Å². The highest BCUT2D eigenvalue weighted by molar-refractivity contribution is 5.81. The van der Waals surface area contributed by atoms with Gasteiger partial charge in [0.15, 0.2) is 0 Å². The van der Waals surface area contributed by atoms with Crippen LogP contribution in [0.1, 0.15) is 44.9 Å². The molecule has 0 bridgehead atoms. The topological polar surface area (TPSA) is 134 Å². The van der Waals surface area contributed by atoms with E-state index in [0.29, 0.717) is 6.54 Å². The van der Waals surface area contributed by atoms with Gasteiger partial charge in [-0.15, -0.1) is 0 Å². The Morgan fingerprint density at radius 3 is 2.53 bits per heavy atom. The first kappa shape index (κ1) is 23.9. The van der Waals surface area contributed by atoms with E-state index in [1.165, 1.54) is 25.7 Å². The van der Waals surface area contributed by atoms with Crippen molar-refractivity contribution in [2.24, 2.45) is 17.3 Å². The Kier molecular flexibility index (Phi) is 6.49. The smallest absolute Gasteiger partial charge is 0.307 e. The predicted molar refractivity (Wildman–Crippen MR) is 135 cm³/mol. The number of nitrogens with zero attached hydrogens (tertiary/aromatic N) is 3. The molecular weight excluding hydrogens is 460 g/mol. The molecule has 1 aliphatic carbocycles. The van der Waals surface area contributed by atoms with E-state index < -0.39 is 5.97 Å². The van der Waals surface area contributed by atoms with Crippen LogP contribution in [0.4, 0.5) is 11.5 Å². The zero-order valence-corrected chi connectivity index (χ0v) is 20.7. The van der Waals surface area contributed by atoms with Crippen molar-refractivity contribution >= 4 is 23.4 Å². The minimum absolute atomic E-state index is 0.0134. The average Bonchev–Trinajstić information content (AvgIpc) is 3.65. The minimum atomic E-state index is -0.647. The number of hydrazine groups is 1. The molecule has 4 saturated heterocycles. The van der Waals surface area contributed by atoms with Gasteiger partial charge in [0.1, 0.15) is 12.1 Å². The van der Waals surface area contributed by atoms with Crippen LogP contribution in [-0.2, 0) is 9.59 Å². The van der Waals surface area contributed by atoms with Crippen LogP contribution < -0.4 is 31.7 Å². The zero-order chi connectivity index (χ0) is 24.7. The van der Waals surface area contributed by atoms with Crippen LogP contribution in [0.25, 0.3) is 0 Å². The highest BCUT2D eigenvalue weighted by Crippen LogP contribution is 2.59. The Morgan fingerprint density at radius 1 is 1.08 bits per heavy atom. The van der Waals surface area contributed by atoms with Gasteiger partial charge in [-0.3, -0.25) is 30.5 Å². The number of aromatic nitrogens is 1. The maximum absolute atomic E-state index is 12.8. The highest BCUT2D eigenvalue weighted by atomic mass is 16.4. The van der Waals surface area contributed by atoms with E-state index in [-0.39, 0.29) is 41.7 Å². The number of carboxylic acids is 1. The van der Waals surface area contributed by atoms with Crippen molar-refractivity contribution in [1.29, 1.82) is 0 Å². The Bertz CT molecular complexity index is 959. The molecule has 1 aromatic heterocycles. The second kappa shape index (κ2) is 9.77. The molecule has 1 spiro atoms. The van der Waals surface area contributed by atoms with Gasteiger partial charge in [-0.2, -0.15) is 0 Å². The normalized spacial score (nSPS) is 34.4. The molecule has 5 atom stereocenters. The lowest BCUT2D eigenvalue weighted by Gasteiger charge is -2.48. The van der Waals surface area contributed by atoms with Crippen molar-refractivity contribution in [2.75, 3.05) is 42.9 Å². The molecule has 4 aliphatic heterocycles. The van der Waals surface area contributed by atoms with Gasteiger partial charge in [-0.05, 0) is 49.7 Å². The molecule has 196 valence electrons. The largest absolute Gasteiger partial charge is 0.481 e. The number of carbonyl (C=O) groups is 2. The van der Waals surface area contributed by atoms with Gasteiger partial charge < -0.3 is 15.3 Å². The summed E-state index contributed by atoms with van der Waals surface area (Å²) in [7, 11) is 0. The van der Waals surface area contributed by atoms with Crippen LogP contribution in [0, 0.1) is 17.3 Å². The number of amides is 1. The number of likely N-dealkylation sites (tertiary alicyclic amines) is 1. The van der Waals surface area contributed by atoms with E-state index in [2.05, 4.69) is 36.6 Å². The average molecular weight is 499 g/mol. The molecule has 11 nitrogen and oxygen atoms in total. The van der Waals surface area contributed by atoms with Crippen LogP contribution in [0.2, 0.25) is 0 Å². The van der Waals surface area contributed by atoms with Gasteiger partial charge in [0.05, 0.1) is 29.9 Å². The Balaban J connectivity index is 1.11. The number of carbonyl (C=O) groups excluding carboxylic acids is 1. The van der Waals surface area contributed by atoms with Crippen molar-refractivity contribution < 1.29 is 14.7 Å². The van der Waals surface area contributed by atoms with Crippen molar-refractivity contribution in [3.05, 3.63) is 18.3 Å². The molecule has 6 N–H and O–H groups in total. The third kappa shape index (κ3) is 4.65. The van der Waals surface area contributed by atoms with Crippen molar-refractivity contribution in [2.45, 2.75) is 63.4 Å². The fourth-order valence-electron chi connectivity index (χ4n) is 6.68. The summed E-state index contributed by atoms with van der Waals surface area (Å²) in [6.07, 6.45) is 9.22. The van der Waals surface area contributed by atoms with Crippen molar-refractivity contribution in [3.63, 3.8) is 0 Å². The third-order valence-electron chi connectivity index (χ3n) is 8.99. The highest BCUT2D eigenvalue weighted by Gasteiger charge is 2.58. The number of carboxylic acid groups (broad SMARTS) is 1. The summed E-state index contributed by atoms with van der Waals surface area (Å²) < 4.78 is 0. The molecule has 11 heteroatoms. The molecule has 36 heavy (non-hydrogen) atoms. The number of rotatable bonds is 5. The van der Waals surface area contributed by atoms with Crippen LogP contribution >= 0.6 is 0 Å². The number of piperidine rings is 1. The van der Waals surface area contributed by atoms with Crippen LogP contribution in [-0.4, -0.2) is 78.1 Å². The maximum atomic E-state index is 12.8. The number of hydrogen-bond acceptors (Lipinski definition) is 9. The zero-order valence-electron chi connectivity index (χ0n) is 20.7. The standard InChI is InChI=1S/C25H38N8O3/c34-22-20-18(15-27-31-22)29-24(33-9-3-1-2-4-10-33)30-21(20)28-16-5-6-19(26-14-16)32-11-7-25(8-12-32)13-17(25)23(35)36/h5-6,14,17-18,20-21,24,27-30H,1-4,7-13,15H2,(H,31,34)(H,35,36). The van der Waals surface area contributed by atoms with Crippen LogP contribution in [0.5, 0.6) is 0 Å². The second-order valence-electron chi connectivity index (χ2n) is 11.2. The van der Waals surface area contributed by atoms with E-state index in [9.17, 15) is 14.7 Å². The summed E-state index contributed by atoms with van der Waals surface area (Å²) in [5, 5.41) is 20.2. The number of hydrogen-bond donors (Lipinski definition) is 6. The fraction of sp³-hybridized carbons (Fsp3) is 0.720. The molecule has 1 amide bonds. The summed E-state index contributed by atoms with van der Waals surface area (Å²) in [6, 6.07) is 4.08. The number of aliphatic carboxylic acids is 1. The summed E-state index contributed by atoms with van der Waals surface area (Å²) in [4.78, 5) is 33.6. The first-order chi connectivity index (χ1) is 17.5. The second-order valence-corrected chi connectivity index (χ2v) is 11.2. The number of anilines is 2. The van der Waals surface area contributed by atoms with Crippen molar-refractivity contribution in [3.8, 4) is 0 Å². The Hall–Kier alpha value is -2.47. The molecule has 0 radical (unpaired) electrons. The van der Waals surface area contributed by atoms with E-state index in [4.69, 9.17) is 4.98 Å². The summed E-state index contributed by atoms with van der Waals surface area (Å²) in [5.74, 6) is -0.170. The van der Waals surface area contributed by atoms with Gasteiger partial charge in [0.2, 0.25) is 5.91 Å².